The Hall–Kier alpha value is -2.44. The summed E-state index contributed by atoms with van der Waals surface area (Å²) >= 11 is 0. The van der Waals surface area contributed by atoms with Crippen molar-refractivity contribution < 1.29 is 4.79 Å². The highest BCUT2D eigenvalue weighted by Gasteiger charge is 2.24. The molecule has 0 radical (unpaired) electrons. The molecule has 7 nitrogen and oxygen atoms in total. The third-order valence-electron chi connectivity index (χ3n) is 3.98. The summed E-state index contributed by atoms with van der Waals surface area (Å²) in [4.78, 5) is 22.9. The zero-order valence-electron chi connectivity index (χ0n) is 12.6. The predicted octanol–water partition coefficient (Wildman–Crippen LogP) is 1.02. The Balaban J connectivity index is 1.51. The normalized spacial score (nSPS) is 17.2. The first-order valence-corrected chi connectivity index (χ1v) is 7.55. The van der Waals surface area contributed by atoms with Crippen LogP contribution < -0.4 is 10.2 Å². The maximum absolute atomic E-state index is 12.3. The molecule has 1 saturated heterocycles. The monoisotopic (exact) mass is 300 g/mol. The highest BCUT2D eigenvalue weighted by Crippen LogP contribution is 2.16. The third kappa shape index (κ3) is 3.24. The second kappa shape index (κ2) is 6.55. The van der Waals surface area contributed by atoms with Gasteiger partial charge in [-0.1, -0.05) is 0 Å². The minimum atomic E-state index is -0.287. The van der Waals surface area contributed by atoms with Crippen LogP contribution in [0.1, 0.15) is 25.8 Å². The molecule has 116 valence electrons. The number of carbonyl (C=O) groups excluding carboxylic acids is 1. The summed E-state index contributed by atoms with van der Waals surface area (Å²) in [6.45, 7) is 3.56. The van der Waals surface area contributed by atoms with Gasteiger partial charge in [0.15, 0.2) is 0 Å². The fourth-order valence-electron chi connectivity index (χ4n) is 2.63. The van der Waals surface area contributed by atoms with Crippen LogP contribution in [0.15, 0.2) is 36.9 Å². The third-order valence-corrected chi connectivity index (χ3v) is 3.98. The van der Waals surface area contributed by atoms with Crippen molar-refractivity contribution in [3.63, 3.8) is 0 Å². The Labute approximate surface area is 129 Å². The first-order chi connectivity index (χ1) is 10.7. The van der Waals surface area contributed by atoms with E-state index >= 15 is 0 Å². The van der Waals surface area contributed by atoms with Gasteiger partial charge in [-0.05, 0) is 31.9 Å². The molecule has 0 aliphatic carbocycles. The van der Waals surface area contributed by atoms with Crippen LogP contribution in [0.4, 0.5) is 5.95 Å². The lowest BCUT2D eigenvalue weighted by atomic mass is 10.0. The van der Waals surface area contributed by atoms with Crippen molar-refractivity contribution in [2.24, 2.45) is 0 Å². The second-order valence-corrected chi connectivity index (χ2v) is 5.48. The molecule has 7 heteroatoms. The van der Waals surface area contributed by atoms with Crippen LogP contribution in [0, 0.1) is 0 Å². The molecule has 1 aliphatic heterocycles. The summed E-state index contributed by atoms with van der Waals surface area (Å²) in [6.07, 6.45) is 8.79. The van der Waals surface area contributed by atoms with Gasteiger partial charge in [-0.25, -0.2) is 9.97 Å². The summed E-state index contributed by atoms with van der Waals surface area (Å²) in [5, 5.41) is 7.22. The molecule has 1 amide bonds. The quantitative estimate of drug-likeness (QED) is 0.912. The summed E-state index contributed by atoms with van der Waals surface area (Å²) < 4.78 is 1.67. The van der Waals surface area contributed by atoms with Gasteiger partial charge >= 0.3 is 0 Å². The van der Waals surface area contributed by atoms with E-state index in [9.17, 15) is 4.79 Å². The molecule has 2 aromatic rings. The lowest BCUT2D eigenvalue weighted by molar-refractivity contribution is -0.125. The minimum Gasteiger partial charge on any atom is -0.351 e. The van der Waals surface area contributed by atoms with Crippen molar-refractivity contribution >= 4 is 11.9 Å². The summed E-state index contributed by atoms with van der Waals surface area (Å²) in [5.74, 6) is 0.773. The molecule has 1 N–H and O–H groups in total. The van der Waals surface area contributed by atoms with Crippen molar-refractivity contribution in [3.05, 3.63) is 36.9 Å². The predicted molar refractivity (Wildman–Crippen MR) is 82.3 cm³/mol. The van der Waals surface area contributed by atoms with Gasteiger partial charge in [0.25, 0.3) is 0 Å². The van der Waals surface area contributed by atoms with E-state index in [-0.39, 0.29) is 18.0 Å². The molecule has 1 unspecified atom stereocenters. The smallest absolute Gasteiger partial charge is 0.244 e. The lowest BCUT2D eigenvalue weighted by Gasteiger charge is -2.32. The number of nitrogens with zero attached hydrogens (tertiary/aromatic N) is 5. The summed E-state index contributed by atoms with van der Waals surface area (Å²) in [6, 6.07) is 3.55. The van der Waals surface area contributed by atoms with Crippen molar-refractivity contribution in [1.82, 2.24) is 25.1 Å². The van der Waals surface area contributed by atoms with Crippen LogP contribution in [-0.4, -0.2) is 44.8 Å². The van der Waals surface area contributed by atoms with E-state index in [1.807, 2.05) is 19.1 Å². The van der Waals surface area contributed by atoms with E-state index in [4.69, 9.17) is 0 Å². The molecule has 0 spiro atoms. The lowest BCUT2D eigenvalue weighted by Crippen LogP contribution is -2.46. The van der Waals surface area contributed by atoms with Crippen LogP contribution in [0.25, 0.3) is 0 Å². The summed E-state index contributed by atoms with van der Waals surface area (Å²) in [5.41, 5.74) is 0. The number of piperidine rings is 1. The number of carbonyl (C=O) groups is 1. The fourth-order valence-corrected chi connectivity index (χ4v) is 2.63. The van der Waals surface area contributed by atoms with E-state index in [1.54, 1.807) is 29.5 Å². The van der Waals surface area contributed by atoms with E-state index in [0.29, 0.717) is 0 Å². The maximum Gasteiger partial charge on any atom is 0.244 e. The van der Waals surface area contributed by atoms with Gasteiger partial charge in [0.2, 0.25) is 11.9 Å². The molecule has 1 atom stereocenters. The Morgan fingerprint density at radius 2 is 1.95 bits per heavy atom. The standard InChI is InChI=1S/C15H20N6O/c1-12(21-9-3-8-18-21)14(22)19-13-4-10-20(11-5-13)15-16-6-2-7-17-15/h2-3,6-9,12-13H,4-5,10-11H2,1H3,(H,19,22). The largest absolute Gasteiger partial charge is 0.351 e. The SMILES string of the molecule is CC(C(=O)NC1CCN(c2ncccn2)CC1)n1cccn1. The molecule has 3 heterocycles. The summed E-state index contributed by atoms with van der Waals surface area (Å²) in [7, 11) is 0. The molecular weight excluding hydrogens is 280 g/mol. The Bertz CT molecular complexity index is 592. The first kappa shape index (κ1) is 14.5. The Kier molecular flexibility index (Phi) is 4.32. The molecular formula is C15H20N6O. The van der Waals surface area contributed by atoms with Crippen molar-refractivity contribution in [3.8, 4) is 0 Å². The van der Waals surface area contributed by atoms with Gasteiger partial charge in [-0.2, -0.15) is 5.10 Å². The highest BCUT2D eigenvalue weighted by atomic mass is 16.2. The zero-order chi connectivity index (χ0) is 15.4. The fraction of sp³-hybridized carbons (Fsp3) is 0.467. The average Bonchev–Trinajstić information content (AvgIpc) is 3.10. The number of amides is 1. The highest BCUT2D eigenvalue weighted by molar-refractivity contribution is 5.80. The van der Waals surface area contributed by atoms with Gasteiger partial charge in [0, 0.05) is 43.9 Å². The van der Waals surface area contributed by atoms with Crippen molar-refractivity contribution in [2.75, 3.05) is 18.0 Å². The van der Waals surface area contributed by atoms with E-state index in [1.165, 1.54) is 0 Å². The molecule has 0 bridgehead atoms. The van der Waals surface area contributed by atoms with Crippen LogP contribution in [0.2, 0.25) is 0 Å². The van der Waals surface area contributed by atoms with Crippen LogP contribution in [0.3, 0.4) is 0 Å². The minimum absolute atomic E-state index is 0.0121. The first-order valence-electron chi connectivity index (χ1n) is 7.55. The van der Waals surface area contributed by atoms with Crippen molar-refractivity contribution in [2.45, 2.75) is 31.8 Å². The topological polar surface area (TPSA) is 75.9 Å². The zero-order valence-corrected chi connectivity index (χ0v) is 12.6. The number of aromatic nitrogens is 4. The number of hydrogen-bond acceptors (Lipinski definition) is 5. The van der Waals surface area contributed by atoms with Gasteiger partial charge < -0.3 is 10.2 Å². The van der Waals surface area contributed by atoms with Crippen LogP contribution in [-0.2, 0) is 4.79 Å². The van der Waals surface area contributed by atoms with Gasteiger partial charge in [0.1, 0.15) is 6.04 Å². The second-order valence-electron chi connectivity index (χ2n) is 5.48. The molecule has 0 aromatic carbocycles. The molecule has 3 rings (SSSR count). The van der Waals surface area contributed by atoms with Crippen LogP contribution >= 0.6 is 0 Å². The molecule has 0 saturated carbocycles. The maximum atomic E-state index is 12.3. The van der Waals surface area contributed by atoms with Gasteiger partial charge in [-0.3, -0.25) is 9.48 Å². The average molecular weight is 300 g/mol. The number of rotatable bonds is 4. The Morgan fingerprint density at radius 3 is 2.59 bits per heavy atom. The number of nitrogens with one attached hydrogen (secondary N) is 1. The van der Waals surface area contributed by atoms with Crippen molar-refractivity contribution in [1.29, 1.82) is 0 Å². The van der Waals surface area contributed by atoms with E-state index < -0.39 is 0 Å². The van der Waals surface area contributed by atoms with E-state index in [0.717, 1.165) is 31.9 Å². The molecule has 2 aromatic heterocycles. The van der Waals surface area contributed by atoms with Crippen LogP contribution in [0.5, 0.6) is 0 Å². The molecule has 1 fully saturated rings. The van der Waals surface area contributed by atoms with Gasteiger partial charge in [0.05, 0.1) is 0 Å². The molecule has 22 heavy (non-hydrogen) atoms. The van der Waals surface area contributed by atoms with E-state index in [2.05, 4.69) is 25.3 Å². The number of anilines is 1. The Morgan fingerprint density at radius 1 is 1.23 bits per heavy atom. The molecule has 1 aliphatic rings. The van der Waals surface area contributed by atoms with Gasteiger partial charge in [-0.15, -0.1) is 0 Å². The number of hydrogen-bond donors (Lipinski definition) is 1.